The van der Waals surface area contributed by atoms with Crippen LogP contribution in [0.15, 0.2) is 24.3 Å². The summed E-state index contributed by atoms with van der Waals surface area (Å²) in [6, 6.07) is 7.56. The molecule has 62 valence electrons. The van der Waals surface area contributed by atoms with Crippen molar-refractivity contribution in [3.05, 3.63) is 35.4 Å². The second-order valence-electron chi connectivity index (χ2n) is 2.75. The summed E-state index contributed by atoms with van der Waals surface area (Å²) in [4.78, 5) is 20.7. The van der Waals surface area contributed by atoms with Gasteiger partial charge in [-0.2, -0.15) is 0 Å². The number of carbonyl (C=O) groups excluding carboxylic acids is 2. The molecule has 0 saturated carbocycles. The number of benzene rings is 1. The van der Waals surface area contributed by atoms with Crippen LogP contribution in [0.2, 0.25) is 0 Å². The first-order valence-electron chi connectivity index (χ1n) is 3.76. The van der Waals surface area contributed by atoms with Crippen LogP contribution in [0.1, 0.15) is 11.1 Å². The van der Waals surface area contributed by atoms with Crippen LogP contribution < -0.4 is 0 Å². The monoisotopic (exact) mass is 162 g/mol. The molecule has 0 aromatic heterocycles. The van der Waals surface area contributed by atoms with E-state index >= 15 is 0 Å². The van der Waals surface area contributed by atoms with E-state index in [0.29, 0.717) is 6.29 Å². The van der Waals surface area contributed by atoms with Crippen molar-refractivity contribution in [2.24, 2.45) is 0 Å². The molecule has 0 atom stereocenters. The number of ketones is 1. The van der Waals surface area contributed by atoms with Crippen LogP contribution in [0, 0.1) is 6.92 Å². The first-order valence-corrected chi connectivity index (χ1v) is 3.76. The summed E-state index contributed by atoms with van der Waals surface area (Å²) >= 11 is 0. The van der Waals surface area contributed by atoms with E-state index in [1.54, 1.807) is 0 Å². The van der Waals surface area contributed by atoms with Crippen LogP contribution in [0.5, 0.6) is 0 Å². The highest BCUT2D eigenvalue weighted by Gasteiger charge is 1.99. The van der Waals surface area contributed by atoms with Crippen molar-refractivity contribution >= 4 is 12.1 Å². The van der Waals surface area contributed by atoms with Gasteiger partial charge in [0.1, 0.15) is 0 Å². The van der Waals surface area contributed by atoms with Gasteiger partial charge in [-0.25, -0.2) is 0 Å². The molecule has 1 rings (SSSR count). The zero-order chi connectivity index (χ0) is 8.97. The summed E-state index contributed by atoms with van der Waals surface area (Å²) in [5.41, 5.74) is 2.04. The topological polar surface area (TPSA) is 34.1 Å². The average Bonchev–Trinajstić information content (AvgIpc) is 2.09. The van der Waals surface area contributed by atoms with Crippen molar-refractivity contribution < 1.29 is 9.59 Å². The Hall–Kier alpha value is -1.44. The zero-order valence-electron chi connectivity index (χ0n) is 6.91. The molecule has 1 aromatic carbocycles. The molecule has 0 unspecified atom stereocenters. The van der Waals surface area contributed by atoms with E-state index in [9.17, 15) is 9.59 Å². The minimum Gasteiger partial charge on any atom is -0.295 e. The zero-order valence-corrected chi connectivity index (χ0v) is 6.91. The van der Waals surface area contributed by atoms with Crippen LogP contribution in [0.3, 0.4) is 0 Å². The Bertz CT molecular complexity index is 285. The third kappa shape index (κ3) is 2.31. The van der Waals surface area contributed by atoms with Crippen molar-refractivity contribution in [2.75, 3.05) is 0 Å². The Morgan fingerprint density at radius 3 is 2.42 bits per heavy atom. The Balaban J connectivity index is 2.71. The molecule has 0 heterocycles. The van der Waals surface area contributed by atoms with Crippen molar-refractivity contribution in [3.8, 4) is 0 Å². The standard InChI is InChI=1S/C10H10O2/c1-8-2-4-9(5-3-8)6-10(12)7-11/h2-5,7H,6H2,1H3. The minimum absolute atomic E-state index is 0.212. The molecular formula is C10H10O2. The number of aldehydes is 1. The van der Waals surface area contributed by atoms with Gasteiger partial charge >= 0.3 is 0 Å². The molecule has 0 saturated heterocycles. The smallest absolute Gasteiger partial charge is 0.199 e. The fourth-order valence-electron chi connectivity index (χ4n) is 0.949. The van der Waals surface area contributed by atoms with Gasteiger partial charge in [-0.05, 0) is 12.5 Å². The Morgan fingerprint density at radius 1 is 1.33 bits per heavy atom. The fraction of sp³-hybridized carbons (Fsp3) is 0.200. The molecule has 0 N–H and O–H groups in total. The second-order valence-corrected chi connectivity index (χ2v) is 2.75. The maximum atomic E-state index is 10.7. The van der Waals surface area contributed by atoms with E-state index in [1.165, 1.54) is 0 Å². The van der Waals surface area contributed by atoms with Crippen LogP contribution in [-0.4, -0.2) is 12.1 Å². The van der Waals surface area contributed by atoms with E-state index in [0.717, 1.165) is 11.1 Å². The van der Waals surface area contributed by atoms with Crippen LogP contribution >= 0.6 is 0 Å². The van der Waals surface area contributed by atoms with Crippen LogP contribution in [0.4, 0.5) is 0 Å². The van der Waals surface area contributed by atoms with Crippen molar-refractivity contribution in [1.82, 2.24) is 0 Å². The summed E-state index contributed by atoms with van der Waals surface area (Å²) in [5, 5.41) is 0. The van der Waals surface area contributed by atoms with Gasteiger partial charge < -0.3 is 0 Å². The lowest BCUT2D eigenvalue weighted by atomic mass is 10.1. The highest BCUT2D eigenvalue weighted by molar-refractivity contribution is 6.25. The molecule has 0 aliphatic rings. The highest BCUT2D eigenvalue weighted by Crippen LogP contribution is 2.03. The molecule has 0 radical (unpaired) electrons. The van der Waals surface area contributed by atoms with E-state index in [-0.39, 0.29) is 12.2 Å². The quantitative estimate of drug-likeness (QED) is 0.496. The molecule has 12 heavy (non-hydrogen) atoms. The summed E-state index contributed by atoms with van der Waals surface area (Å²) in [6.45, 7) is 1.98. The van der Waals surface area contributed by atoms with Crippen LogP contribution in [-0.2, 0) is 16.0 Å². The number of aryl methyl sites for hydroxylation is 1. The Morgan fingerprint density at radius 2 is 1.92 bits per heavy atom. The fourth-order valence-corrected chi connectivity index (χ4v) is 0.949. The maximum absolute atomic E-state index is 10.7. The Kier molecular flexibility index (Phi) is 2.75. The molecule has 0 fully saturated rings. The molecule has 0 spiro atoms. The number of carbonyl (C=O) groups is 2. The maximum Gasteiger partial charge on any atom is 0.199 e. The lowest BCUT2D eigenvalue weighted by molar-refractivity contribution is -0.129. The lowest BCUT2D eigenvalue weighted by Gasteiger charge is -1.96. The Labute approximate surface area is 71.2 Å². The molecule has 0 aliphatic carbocycles. The molecule has 0 aliphatic heterocycles. The first-order chi connectivity index (χ1) is 5.72. The molecule has 2 heteroatoms. The van der Waals surface area contributed by atoms with Gasteiger partial charge in [0.05, 0.1) is 0 Å². The number of rotatable bonds is 3. The molecule has 2 nitrogen and oxygen atoms in total. The van der Waals surface area contributed by atoms with E-state index in [2.05, 4.69) is 0 Å². The predicted molar refractivity (Wildman–Crippen MR) is 46.0 cm³/mol. The van der Waals surface area contributed by atoms with Gasteiger partial charge in [0.2, 0.25) is 0 Å². The minimum atomic E-state index is -0.376. The predicted octanol–water partition coefficient (Wildman–Crippen LogP) is 1.31. The number of hydrogen-bond donors (Lipinski definition) is 0. The summed E-state index contributed by atoms with van der Waals surface area (Å²) in [7, 11) is 0. The van der Waals surface area contributed by atoms with Gasteiger partial charge in [0.15, 0.2) is 12.1 Å². The third-order valence-corrected chi connectivity index (χ3v) is 1.63. The van der Waals surface area contributed by atoms with Gasteiger partial charge in [0.25, 0.3) is 0 Å². The van der Waals surface area contributed by atoms with Gasteiger partial charge in [-0.3, -0.25) is 9.59 Å². The van der Waals surface area contributed by atoms with E-state index in [4.69, 9.17) is 0 Å². The molecule has 0 bridgehead atoms. The van der Waals surface area contributed by atoms with Gasteiger partial charge in [0, 0.05) is 6.42 Å². The summed E-state index contributed by atoms with van der Waals surface area (Å²) in [6.07, 6.45) is 0.573. The second kappa shape index (κ2) is 3.81. The lowest BCUT2D eigenvalue weighted by Crippen LogP contribution is -2.02. The molecule has 1 aromatic rings. The molecular weight excluding hydrogens is 152 g/mol. The number of hydrogen-bond acceptors (Lipinski definition) is 2. The van der Waals surface area contributed by atoms with E-state index in [1.807, 2.05) is 31.2 Å². The summed E-state index contributed by atoms with van der Waals surface area (Å²) < 4.78 is 0. The van der Waals surface area contributed by atoms with Gasteiger partial charge in [-0.15, -0.1) is 0 Å². The van der Waals surface area contributed by atoms with E-state index < -0.39 is 0 Å². The van der Waals surface area contributed by atoms with Crippen molar-refractivity contribution in [3.63, 3.8) is 0 Å². The highest BCUT2D eigenvalue weighted by atomic mass is 16.2. The third-order valence-electron chi connectivity index (χ3n) is 1.63. The van der Waals surface area contributed by atoms with Crippen LogP contribution in [0.25, 0.3) is 0 Å². The van der Waals surface area contributed by atoms with Gasteiger partial charge in [-0.1, -0.05) is 29.8 Å². The summed E-state index contributed by atoms with van der Waals surface area (Å²) in [5.74, 6) is -0.376. The largest absolute Gasteiger partial charge is 0.295 e. The first kappa shape index (κ1) is 8.65. The SMILES string of the molecule is Cc1ccc(CC(=O)C=O)cc1. The number of Topliss-reactive ketones (excluding diaryl/α,β-unsaturated/α-hetero) is 1. The normalized spacial score (nSPS) is 9.42. The van der Waals surface area contributed by atoms with Crippen molar-refractivity contribution in [1.29, 1.82) is 0 Å². The average molecular weight is 162 g/mol. The molecule has 0 amide bonds. The van der Waals surface area contributed by atoms with Crippen molar-refractivity contribution in [2.45, 2.75) is 13.3 Å².